The highest BCUT2D eigenvalue weighted by atomic mass is 15.2. The zero-order valence-electron chi connectivity index (χ0n) is 12.9. The van der Waals surface area contributed by atoms with Crippen molar-refractivity contribution in [2.45, 2.75) is 27.2 Å². The van der Waals surface area contributed by atoms with Gasteiger partial charge in [-0.1, -0.05) is 25.5 Å². The first-order valence-corrected chi connectivity index (χ1v) is 7.98. The van der Waals surface area contributed by atoms with E-state index in [0.717, 1.165) is 37.4 Å². The zero-order valence-corrected chi connectivity index (χ0v) is 12.9. The summed E-state index contributed by atoms with van der Waals surface area (Å²) in [6, 6.07) is 0. The Hall–Kier alpha value is -0.380. The average molecular weight is 265 g/mol. The molecule has 0 spiro atoms. The largest absolute Gasteiger partial charge is 0.315 e. The first kappa shape index (κ1) is 15.0. The van der Waals surface area contributed by atoms with Gasteiger partial charge in [0.15, 0.2) is 0 Å². The Balaban J connectivity index is 1.64. The first-order valence-electron chi connectivity index (χ1n) is 7.98. The number of allylic oxidation sites excluding steroid dienone is 2. The van der Waals surface area contributed by atoms with Crippen LogP contribution in [0.5, 0.6) is 0 Å². The summed E-state index contributed by atoms with van der Waals surface area (Å²) in [5.41, 5.74) is 1.58. The molecule has 0 amide bonds. The number of hydrogen-bond acceptors (Lipinski definition) is 3. The molecule has 0 saturated carbocycles. The lowest BCUT2D eigenvalue weighted by Gasteiger charge is -2.33. The average Bonchev–Trinajstić information content (AvgIpc) is 2.38. The molecule has 0 aromatic rings. The standard InChI is InChI=1S/C16H31N3/c1-13-10-14(2)16(15(3)11-13)12-18-6-9-19-7-4-17-5-8-19/h10,14-18H,4-9,11-12H2,1-3H3/t14-,15+,16+/m0/s1. The molecule has 19 heavy (non-hydrogen) atoms. The van der Waals surface area contributed by atoms with Crippen LogP contribution in [0, 0.1) is 17.8 Å². The molecule has 2 rings (SSSR count). The maximum Gasteiger partial charge on any atom is 0.0108 e. The molecule has 3 nitrogen and oxygen atoms in total. The van der Waals surface area contributed by atoms with Crippen LogP contribution in [0.4, 0.5) is 0 Å². The summed E-state index contributed by atoms with van der Waals surface area (Å²) < 4.78 is 0. The number of rotatable bonds is 5. The highest BCUT2D eigenvalue weighted by molar-refractivity contribution is 5.08. The first-order chi connectivity index (χ1) is 9.16. The van der Waals surface area contributed by atoms with Crippen molar-refractivity contribution >= 4 is 0 Å². The fourth-order valence-corrected chi connectivity index (χ4v) is 3.65. The van der Waals surface area contributed by atoms with Gasteiger partial charge in [0, 0.05) is 39.3 Å². The monoisotopic (exact) mass is 265 g/mol. The highest BCUT2D eigenvalue weighted by Gasteiger charge is 2.26. The van der Waals surface area contributed by atoms with Gasteiger partial charge in [0.2, 0.25) is 0 Å². The van der Waals surface area contributed by atoms with Gasteiger partial charge in [-0.05, 0) is 37.6 Å². The van der Waals surface area contributed by atoms with Crippen LogP contribution in [-0.2, 0) is 0 Å². The number of piperazine rings is 1. The Kier molecular flexibility index (Phi) is 5.86. The van der Waals surface area contributed by atoms with Crippen LogP contribution in [-0.4, -0.2) is 50.7 Å². The van der Waals surface area contributed by atoms with E-state index in [1.165, 1.54) is 32.6 Å². The van der Waals surface area contributed by atoms with Crippen molar-refractivity contribution in [3.05, 3.63) is 11.6 Å². The summed E-state index contributed by atoms with van der Waals surface area (Å²) in [5, 5.41) is 7.09. The minimum absolute atomic E-state index is 0.732. The molecule has 1 heterocycles. The smallest absolute Gasteiger partial charge is 0.0108 e. The maximum absolute atomic E-state index is 3.69. The normalized spacial score (nSPS) is 33.2. The van der Waals surface area contributed by atoms with Gasteiger partial charge in [-0.25, -0.2) is 0 Å². The Bertz CT molecular complexity index is 294. The summed E-state index contributed by atoms with van der Waals surface area (Å²) in [4.78, 5) is 2.56. The Morgan fingerprint density at radius 2 is 2.05 bits per heavy atom. The summed E-state index contributed by atoms with van der Waals surface area (Å²) in [5.74, 6) is 2.37. The minimum atomic E-state index is 0.732. The molecule has 3 heteroatoms. The summed E-state index contributed by atoms with van der Waals surface area (Å²) in [6.45, 7) is 15.3. The van der Waals surface area contributed by atoms with Crippen molar-refractivity contribution < 1.29 is 0 Å². The maximum atomic E-state index is 3.69. The van der Waals surface area contributed by atoms with Crippen LogP contribution in [0.2, 0.25) is 0 Å². The summed E-state index contributed by atoms with van der Waals surface area (Å²) >= 11 is 0. The van der Waals surface area contributed by atoms with Crippen LogP contribution >= 0.6 is 0 Å². The lowest BCUT2D eigenvalue weighted by atomic mass is 9.75. The van der Waals surface area contributed by atoms with E-state index >= 15 is 0 Å². The van der Waals surface area contributed by atoms with Crippen LogP contribution in [0.15, 0.2) is 11.6 Å². The van der Waals surface area contributed by atoms with Gasteiger partial charge in [-0.15, -0.1) is 0 Å². The van der Waals surface area contributed by atoms with Gasteiger partial charge < -0.3 is 10.6 Å². The predicted octanol–water partition coefficient (Wildman–Crippen LogP) is 1.72. The van der Waals surface area contributed by atoms with Gasteiger partial charge in [0.25, 0.3) is 0 Å². The molecule has 110 valence electrons. The quantitative estimate of drug-likeness (QED) is 0.585. The molecule has 2 aliphatic rings. The van der Waals surface area contributed by atoms with Gasteiger partial charge in [-0.3, -0.25) is 4.90 Å². The zero-order chi connectivity index (χ0) is 13.7. The van der Waals surface area contributed by atoms with Gasteiger partial charge in [-0.2, -0.15) is 0 Å². The second-order valence-corrected chi connectivity index (χ2v) is 6.51. The van der Waals surface area contributed by atoms with Gasteiger partial charge >= 0.3 is 0 Å². The highest BCUT2D eigenvalue weighted by Crippen LogP contribution is 2.32. The minimum Gasteiger partial charge on any atom is -0.315 e. The van der Waals surface area contributed by atoms with Crippen molar-refractivity contribution in [1.82, 2.24) is 15.5 Å². The molecule has 0 bridgehead atoms. The molecule has 3 atom stereocenters. The van der Waals surface area contributed by atoms with E-state index in [1.807, 2.05) is 0 Å². The molecule has 0 aromatic heterocycles. The van der Waals surface area contributed by atoms with E-state index < -0.39 is 0 Å². The fourth-order valence-electron chi connectivity index (χ4n) is 3.65. The van der Waals surface area contributed by atoms with E-state index in [1.54, 1.807) is 5.57 Å². The molecule has 1 saturated heterocycles. The molecule has 2 N–H and O–H groups in total. The van der Waals surface area contributed by atoms with E-state index in [0.29, 0.717) is 0 Å². The summed E-state index contributed by atoms with van der Waals surface area (Å²) in [7, 11) is 0. The van der Waals surface area contributed by atoms with Crippen molar-refractivity contribution in [2.75, 3.05) is 45.8 Å². The van der Waals surface area contributed by atoms with E-state index in [2.05, 4.69) is 42.4 Å². The molecule has 0 aromatic carbocycles. The number of nitrogens with zero attached hydrogens (tertiary/aromatic N) is 1. The predicted molar refractivity (Wildman–Crippen MR) is 82.4 cm³/mol. The van der Waals surface area contributed by atoms with Crippen LogP contribution in [0.3, 0.4) is 0 Å². The van der Waals surface area contributed by atoms with Crippen molar-refractivity contribution in [3.8, 4) is 0 Å². The topological polar surface area (TPSA) is 27.3 Å². The third kappa shape index (κ3) is 4.59. The van der Waals surface area contributed by atoms with Gasteiger partial charge in [0.1, 0.15) is 0 Å². The third-order valence-corrected chi connectivity index (χ3v) is 4.79. The Morgan fingerprint density at radius 1 is 1.32 bits per heavy atom. The summed E-state index contributed by atoms with van der Waals surface area (Å²) in [6.07, 6.45) is 3.76. The van der Waals surface area contributed by atoms with Crippen LogP contribution < -0.4 is 10.6 Å². The third-order valence-electron chi connectivity index (χ3n) is 4.79. The van der Waals surface area contributed by atoms with Crippen molar-refractivity contribution in [1.29, 1.82) is 0 Å². The van der Waals surface area contributed by atoms with Crippen LogP contribution in [0.1, 0.15) is 27.2 Å². The molecule has 1 aliphatic carbocycles. The Labute approximate surface area is 118 Å². The molecular formula is C16H31N3. The molecular weight excluding hydrogens is 234 g/mol. The fraction of sp³-hybridized carbons (Fsp3) is 0.875. The molecule has 0 unspecified atom stereocenters. The lowest BCUT2D eigenvalue weighted by molar-refractivity contribution is 0.227. The van der Waals surface area contributed by atoms with E-state index in [-0.39, 0.29) is 0 Å². The van der Waals surface area contributed by atoms with E-state index in [9.17, 15) is 0 Å². The van der Waals surface area contributed by atoms with Crippen molar-refractivity contribution in [3.63, 3.8) is 0 Å². The second-order valence-electron chi connectivity index (χ2n) is 6.51. The van der Waals surface area contributed by atoms with E-state index in [4.69, 9.17) is 0 Å². The van der Waals surface area contributed by atoms with Crippen LogP contribution in [0.25, 0.3) is 0 Å². The molecule has 1 fully saturated rings. The SMILES string of the molecule is CC1=C[C@H](C)[C@@H](CNCCN2CCNCC2)[C@H](C)C1. The molecule has 1 aliphatic heterocycles. The number of hydrogen-bond donors (Lipinski definition) is 2. The molecule has 0 radical (unpaired) electrons. The Morgan fingerprint density at radius 3 is 2.74 bits per heavy atom. The van der Waals surface area contributed by atoms with Crippen molar-refractivity contribution in [2.24, 2.45) is 17.8 Å². The lowest BCUT2D eigenvalue weighted by Crippen LogP contribution is -2.46. The second kappa shape index (κ2) is 7.41. The number of nitrogens with one attached hydrogen (secondary N) is 2. The van der Waals surface area contributed by atoms with Gasteiger partial charge in [0.05, 0.1) is 0 Å².